The molecule has 0 N–H and O–H groups in total. The van der Waals surface area contributed by atoms with Crippen molar-refractivity contribution in [2.24, 2.45) is 52.3 Å². The highest BCUT2D eigenvalue weighted by Crippen LogP contribution is 2.67. The van der Waals surface area contributed by atoms with Gasteiger partial charge in [0.2, 0.25) is 0 Å². The third-order valence-corrected chi connectivity index (χ3v) is 10.7. The van der Waals surface area contributed by atoms with Gasteiger partial charge in [0, 0.05) is 11.8 Å². The third kappa shape index (κ3) is 3.22. The van der Waals surface area contributed by atoms with Crippen LogP contribution in [0.2, 0.25) is 0 Å². The van der Waals surface area contributed by atoms with E-state index in [2.05, 4.69) is 34.6 Å². The van der Waals surface area contributed by atoms with Gasteiger partial charge in [-0.05, 0) is 98.2 Å². The minimum Gasteiger partial charge on any atom is -0.299 e. The molecule has 0 amide bonds. The fourth-order valence-electron chi connectivity index (χ4n) is 9.11. The molecule has 4 aliphatic rings. The molecule has 28 heavy (non-hydrogen) atoms. The first-order valence-electron chi connectivity index (χ1n) is 12.8. The summed E-state index contributed by atoms with van der Waals surface area (Å²) in [5.41, 5.74) is 0.586. The van der Waals surface area contributed by atoms with E-state index < -0.39 is 0 Å². The monoisotopic (exact) mass is 386 g/mol. The zero-order valence-corrected chi connectivity index (χ0v) is 19.4. The van der Waals surface area contributed by atoms with E-state index in [1.54, 1.807) is 0 Å². The van der Waals surface area contributed by atoms with Gasteiger partial charge in [0.25, 0.3) is 0 Å². The van der Waals surface area contributed by atoms with Gasteiger partial charge in [0.15, 0.2) is 0 Å². The number of rotatable bonds is 5. The first-order chi connectivity index (χ1) is 13.3. The molecule has 0 heterocycles. The summed E-state index contributed by atoms with van der Waals surface area (Å²) >= 11 is 0. The van der Waals surface area contributed by atoms with Crippen molar-refractivity contribution < 1.29 is 4.79 Å². The van der Waals surface area contributed by atoms with Crippen molar-refractivity contribution in [1.82, 2.24) is 0 Å². The summed E-state index contributed by atoms with van der Waals surface area (Å²) in [6, 6.07) is 0. The lowest BCUT2D eigenvalue weighted by atomic mass is 9.44. The number of Topliss-reactive ketones (excluding diaryl/α,β-unsaturated/α-hetero) is 1. The predicted octanol–water partition coefficient (Wildman–Crippen LogP) is 7.68. The molecule has 0 spiro atoms. The first-order valence-corrected chi connectivity index (χ1v) is 12.8. The maximum Gasteiger partial charge on any atom is 0.139 e. The molecule has 0 aliphatic heterocycles. The Labute approximate surface area is 174 Å². The van der Waals surface area contributed by atoms with E-state index in [0.29, 0.717) is 23.0 Å². The molecule has 0 aromatic carbocycles. The van der Waals surface area contributed by atoms with Gasteiger partial charge >= 0.3 is 0 Å². The smallest absolute Gasteiger partial charge is 0.139 e. The van der Waals surface area contributed by atoms with Gasteiger partial charge in [0.05, 0.1) is 0 Å². The van der Waals surface area contributed by atoms with Crippen molar-refractivity contribution >= 4 is 5.78 Å². The first kappa shape index (κ1) is 20.9. The average molecular weight is 387 g/mol. The molecule has 0 radical (unpaired) electrons. The standard InChI is InChI=1S/C27H46O/c1-18(2)8-6-9-19(3)22-14-15-23-21-13-12-20-10-7-11-25(28)27(20,5)24(21)16-17-26(22,23)4/h18-24H,6-17H2,1-5H3/t19-,20+,21+,22-,23+,24+,26-,27+/m1/s1. The summed E-state index contributed by atoms with van der Waals surface area (Å²) in [7, 11) is 0. The van der Waals surface area contributed by atoms with Crippen LogP contribution in [0.4, 0.5) is 0 Å². The van der Waals surface area contributed by atoms with E-state index in [1.165, 1.54) is 64.2 Å². The fourth-order valence-corrected chi connectivity index (χ4v) is 9.11. The molecule has 1 heteroatoms. The zero-order chi connectivity index (χ0) is 20.1. The molecule has 4 fully saturated rings. The van der Waals surface area contributed by atoms with Gasteiger partial charge in [-0.25, -0.2) is 0 Å². The summed E-state index contributed by atoms with van der Waals surface area (Å²) in [5, 5.41) is 0. The number of fused-ring (bicyclic) bond motifs is 5. The number of hydrogen-bond donors (Lipinski definition) is 0. The lowest BCUT2D eigenvalue weighted by molar-refractivity contribution is -0.156. The van der Waals surface area contributed by atoms with Crippen LogP contribution in [-0.4, -0.2) is 5.78 Å². The minimum absolute atomic E-state index is 0.0312. The van der Waals surface area contributed by atoms with E-state index in [4.69, 9.17) is 0 Å². The van der Waals surface area contributed by atoms with Crippen LogP contribution < -0.4 is 0 Å². The Morgan fingerprint density at radius 1 is 0.929 bits per heavy atom. The van der Waals surface area contributed by atoms with Crippen LogP contribution in [0.25, 0.3) is 0 Å². The van der Waals surface area contributed by atoms with Gasteiger partial charge in [-0.15, -0.1) is 0 Å². The van der Waals surface area contributed by atoms with Crippen molar-refractivity contribution in [1.29, 1.82) is 0 Å². The Kier molecular flexibility index (Phi) is 5.78. The van der Waals surface area contributed by atoms with Gasteiger partial charge in [-0.3, -0.25) is 4.79 Å². The van der Waals surface area contributed by atoms with Gasteiger partial charge in [-0.1, -0.05) is 53.9 Å². The van der Waals surface area contributed by atoms with Crippen molar-refractivity contribution in [2.75, 3.05) is 0 Å². The minimum atomic E-state index is 0.0312. The Morgan fingerprint density at radius 3 is 2.46 bits per heavy atom. The van der Waals surface area contributed by atoms with Crippen LogP contribution in [0.3, 0.4) is 0 Å². The van der Waals surface area contributed by atoms with Crippen LogP contribution in [-0.2, 0) is 4.79 Å². The van der Waals surface area contributed by atoms with E-state index in [1.807, 2.05) is 0 Å². The molecule has 4 rings (SSSR count). The molecular weight excluding hydrogens is 340 g/mol. The number of carbonyl (C=O) groups is 1. The second-order valence-electron chi connectivity index (χ2n) is 12.3. The molecular formula is C27H46O. The lowest BCUT2D eigenvalue weighted by Gasteiger charge is -2.60. The number of carbonyl (C=O) groups excluding carboxylic acids is 1. The van der Waals surface area contributed by atoms with E-state index in [-0.39, 0.29) is 5.41 Å². The lowest BCUT2D eigenvalue weighted by Crippen LogP contribution is -2.56. The molecule has 0 saturated heterocycles. The van der Waals surface area contributed by atoms with Gasteiger partial charge in [0.1, 0.15) is 5.78 Å². The highest BCUT2D eigenvalue weighted by atomic mass is 16.1. The Balaban J connectivity index is 1.49. The van der Waals surface area contributed by atoms with Crippen molar-refractivity contribution in [3.8, 4) is 0 Å². The Bertz CT molecular complexity index is 579. The Morgan fingerprint density at radius 2 is 1.71 bits per heavy atom. The van der Waals surface area contributed by atoms with Gasteiger partial charge in [-0.2, -0.15) is 0 Å². The summed E-state index contributed by atoms with van der Waals surface area (Å²) in [4.78, 5) is 13.1. The van der Waals surface area contributed by atoms with E-state index in [9.17, 15) is 4.79 Å². The maximum atomic E-state index is 13.1. The molecule has 8 atom stereocenters. The molecule has 0 aromatic rings. The largest absolute Gasteiger partial charge is 0.299 e. The zero-order valence-electron chi connectivity index (χ0n) is 19.4. The maximum absolute atomic E-state index is 13.1. The quantitative estimate of drug-likeness (QED) is 0.473. The molecule has 0 unspecified atom stereocenters. The van der Waals surface area contributed by atoms with Crippen LogP contribution in [0.15, 0.2) is 0 Å². The number of hydrogen-bond acceptors (Lipinski definition) is 1. The highest BCUT2D eigenvalue weighted by Gasteiger charge is 2.62. The van der Waals surface area contributed by atoms with Crippen molar-refractivity contribution in [2.45, 2.75) is 112 Å². The normalized spacial score (nSPS) is 46.8. The molecule has 4 saturated carbocycles. The van der Waals surface area contributed by atoms with E-state index >= 15 is 0 Å². The fraction of sp³-hybridized carbons (Fsp3) is 0.963. The summed E-state index contributed by atoms with van der Waals surface area (Å²) in [5.74, 6) is 6.44. The van der Waals surface area contributed by atoms with Gasteiger partial charge < -0.3 is 0 Å². The molecule has 0 aromatic heterocycles. The second-order valence-corrected chi connectivity index (χ2v) is 12.3. The molecule has 0 bridgehead atoms. The SMILES string of the molecule is CC(C)CCC[C@@H](C)[C@H]1CC[C@H]2[C@@H]3CC[C@@H]4CCCC(=O)[C@]4(C)[C@H]3CC[C@]12C. The molecule has 4 aliphatic carbocycles. The predicted molar refractivity (Wildman–Crippen MR) is 118 cm³/mol. The van der Waals surface area contributed by atoms with Crippen molar-refractivity contribution in [3.05, 3.63) is 0 Å². The van der Waals surface area contributed by atoms with Crippen LogP contribution >= 0.6 is 0 Å². The highest BCUT2D eigenvalue weighted by molar-refractivity contribution is 5.86. The van der Waals surface area contributed by atoms with Crippen LogP contribution in [0.1, 0.15) is 112 Å². The second kappa shape index (κ2) is 7.73. The van der Waals surface area contributed by atoms with Crippen molar-refractivity contribution in [3.63, 3.8) is 0 Å². The summed E-state index contributed by atoms with van der Waals surface area (Å²) in [6.07, 6.45) is 16.0. The van der Waals surface area contributed by atoms with E-state index in [0.717, 1.165) is 42.4 Å². The van der Waals surface area contributed by atoms with Crippen LogP contribution in [0.5, 0.6) is 0 Å². The summed E-state index contributed by atoms with van der Waals surface area (Å²) < 4.78 is 0. The number of ketones is 1. The molecule has 160 valence electrons. The molecule has 1 nitrogen and oxygen atoms in total. The summed E-state index contributed by atoms with van der Waals surface area (Å²) in [6.45, 7) is 12.4. The third-order valence-electron chi connectivity index (χ3n) is 10.7. The Hall–Kier alpha value is -0.330. The van der Waals surface area contributed by atoms with Crippen LogP contribution in [0, 0.1) is 52.3 Å². The average Bonchev–Trinajstić information content (AvgIpc) is 3.00. The topological polar surface area (TPSA) is 17.1 Å².